The first-order valence-corrected chi connectivity index (χ1v) is 44.2. The number of phenolic OH excluding ortho intramolecular Hbond substituents is 3. The van der Waals surface area contributed by atoms with Gasteiger partial charge in [0.25, 0.3) is 17.0 Å². The fourth-order valence-electron chi connectivity index (χ4n) is 14.6. The fourth-order valence-corrected chi connectivity index (χ4v) is 15.0. The number of hydrogen-bond donors (Lipinski definition) is 10. The Labute approximate surface area is 841 Å². The molecule has 0 atom stereocenters. The van der Waals surface area contributed by atoms with E-state index in [2.05, 4.69) is 47.2 Å². The number of aromatic nitrogens is 4. The fraction of sp³-hybridized carbons (Fsp3) is 0.202. The second-order valence-electron chi connectivity index (χ2n) is 30.9. The SMILES string of the molecule is Br.C.C.CC1=NN(c2ccc3c(c2)CCO3)C(=O)C1.Cc1[nH]n(-c2ccc3c(c2)CCO3)c(=O)c1N=Nc1cccc(-c2cccc(C(=O)O)c2)c1O.Cc1[nH]n(-c2ccc3c(c2)CCO3)c(=O)c1N=Nc1cccc(-c2cccc(C(=O)O)c2)c1O.Nc1cccc(-c2cccc(C(=O)O)c2)c1O.O=C(NN(C(=O)OCC(Cl)(Cl)Cl)c1ccc2c(c1)CCO2)OCC(Cl)(Cl)Cl.c1ccc2c(c1)CCO2. The lowest BCUT2D eigenvalue weighted by Crippen LogP contribution is -2.48. The standard InChI is InChI=1S/2C25H20N4O5.C14H12Cl6N2O5.C13H11NO3.C12H12N2O2.C8H8O.2CH4.BrH/c2*1-14-22(24(31)29(28-14)18-8-9-21-16(13-18)10-11-34-21)27-26-20-7-3-6-19(23(20)30)15-4-2-5-17(12-15)25(32)33;15-13(16,17)6-26-11(23)21-22(12(24)27-7-14(18,19)20)9-1-2-10-8(5-9)3-4-25-10;14-11-6-2-5-10(12(11)15)8-3-1-4-9(7-8)13(16)17;1-8-6-12(15)14(13-8)10-2-3-11-9(7-10)4-5-16-11;1-2-4-8-7(3-1)5-6-9-8;;;/h2*2-9,12-13,28,30H,10-11H2,1H3,(H,32,33);1-2,5H,3-4,6-7H2,(H,21,23);1-7,15H,14H2,(H,16,17);2-3,7H,4-6H2,1H3;1-4H,5-6H2;2*1H4;1H. The Morgan fingerprint density at radius 3 is 1.24 bits per heavy atom. The number of alkyl halides is 6. The van der Waals surface area contributed by atoms with E-state index in [1.54, 1.807) is 129 Å². The van der Waals surface area contributed by atoms with Gasteiger partial charge in [0, 0.05) is 54.5 Å². The first-order chi connectivity index (χ1) is 65.6. The maximum absolute atomic E-state index is 13.0. The number of benzene rings is 11. The van der Waals surface area contributed by atoms with E-state index in [0.717, 1.165) is 101 Å². The third-order valence-corrected chi connectivity index (χ3v) is 21.9. The number of anilines is 3. The number of carbonyl (C=O) groups is 6. The van der Waals surface area contributed by atoms with Crippen LogP contribution in [-0.2, 0) is 46.4 Å². The van der Waals surface area contributed by atoms with Crippen molar-refractivity contribution in [1.29, 1.82) is 0 Å². The molecular weight excluding hydrogens is 2000 g/mol. The molecule has 41 heteroatoms. The first kappa shape index (κ1) is 106. The smallest absolute Gasteiger partial charge is 0.433 e. The van der Waals surface area contributed by atoms with Crippen LogP contribution in [0.15, 0.2) is 260 Å². The minimum absolute atomic E-state index is 0. The third kappa shape index (κ3) is 26.3. The molecule has 0 bridgehead atoms. The van der Waals surface area contributed by atoms with Gasteiger partial charge in [0.05, 0.1) is 96.0 Å². The number of azo groups is 2. The number of aromatic hydroxyl groups is 3. The van der Waals surface area contributed by atoms with Crippen LogP contribution in [0.3, 0.4) is 0 Å². The number of para-hydroxylation sites is 4. The number of ether oxygens (including phenoxy) is 7. The van der Waals surface area contributed by atoms with Crippen molar-refractivity contribution in [3.05, 3.63) is 301 Å². The summed E-state index contributed by atoms with van der Waals surface area (Å²) in [5.74, 6) is 0.859. The van der Waals surface area contributed by atoms with Crippen LogP contribution in [-0.4, -0.2) is 146 Å². The molecule has 0 fully saturated rings. The van der Waals surface area contributed by atoms with E-state index in [9.17, 15) is 63.9 Å². The quantitative estimate of drug-likeness (QED) is 0.0141. The van der Waals surface area contributed by atoms with Gasteiger partial charge in [-0.15, -0.1) is 37.4 Å². The lowest BCUT2D eigenvalue weighted by atomic mass is 10.0. The number of H-pyrrole nitrogens is 2. The number of aromatic carboxylic acids is 3. The number of nitrogens with two attached hydrogens (primary N) is 1. The normalized spacial score (nSPS) is 13.0. The average Bonchev–Trinajstić information content (AvgIpc) is 1.67. The van der Waals surface area contributed by atoms with Gasteiger partial charge in [-0.2, -0.15) is 10.1 Å². The van der Waals surface area contributed by atoms with Crippen LogP contribution in [0.2, 0.25) is 0 Å². The Balaban J connectivity index is 0.000000167. The number of amides is 3. The number of phenols is 3. The van der Waals surface area contributed by atoms with E-state index < -0.39 is 50.9 Å². The van der Waals surface area contributed by atoms with E-state index in [1.165, 1.54) is 62.4 Å². The molecule has 11 N–H and O–H groups in total. The monoisotopic (exact) mass is 2090 g/mol. The number of carboxylic acids is 3. The van der Waals surface area contributed by atoms with Crippen LogP contribution in [0, 0.1) is 13.8 Å². The molecule has 8 heterocycles. The van der Waals surface area contributed by atoms with Crippen LogP contribution in [0.1, 0.15) is 98.5 Å². The molecule has 0 saturated carbocycles. The van der Waals surface area contributed by atoms with Crippen molar-refractivity contribution in [2.24, 2.45) is 25.6 Å². The summed E-state index contributed by atoms with van der Waals surface area (Å²) in [6.07, 6.45) is 2.54. The van der Waals surface area contributed by atoms with E-state index >= 15 is 0 Å². The number of carboxylic acid groups (broad SMARTS) is 3. The van der Waals surface area contributed by atoms with Crippen LogP contribution in [0.5, 0.6) is 46.0 Å². The molecule has 2 aromatic heterocycles. The van der Waals surface area contributed by atoms with E-state index in [-0.39, 0.29) is 117 Å². The van der Waals surface area contributed by atoms with Gasteiger partial charge >= 0.3 is 30.1 Å². The van der Waals surface area contributed by atoms with Crippen molar-refractivity contribution in [1.82, 2.24) is 25.0 Å². The van der Waals surface area contributed by atoms with Gasteiger partial charge in [0.2, 0.25) is 7.59 Å². The van der Waals surface area contributed by atoms with Gasteiger partial charge in [-0.1, -0.05) is 175 Å². The van der Waals surface area contributed by atoms with Gasteiger partial charge in [0.1, 0.15) is 59.1 Å². The summed E-state index contributed by atoms with van der Waals surface area (Å²) < 4.78 is 36.0. The van der Waals surface area contributed by atoms with Crippen molar-refractivity contribution < 1.29 is 92.6 Å². The van der Waals surface area contributed by atoms with Crippen LogP contribution >= 0.6 is 86.6 Å². The molecule has 0 aliphatic carbocycles. The molecule has 0 radical (unpaired) electrons. The molecule has 140 heavy (non-hydrogen) atoms. The Morgan fingerprint density at radius 2 is 0.821 bits per heavy atom. The van der Waals surface area contributed by atoms with Crippen molar-refractivity contribution in [3.63, 3.8) is 0 Å². The predicted molar refractivity (Wildman–Crippen MR) is 540 cm³/mol. The van der Waals surface area contributed by atoms with E-state index in [0.29, 0.717) is 94.6 Å². The molecule has 0 saturated heterocycles. The zero-order valence-corrected chi connectivity index (χ0v) is 79.4. The molecular formula is C99H92BrCl6N13O21. The Bertz CT molecular complexity index is 6780. The second-order valence-corrected chi connectivity index (χ2v) is 35.9. The summed E-state index contributed by atoms with van der Waals surface area (Å²) in [6, 6.07) is 63.4. The number of hydrogen-bond acceptors (Lipinski definition) is 24. The number of rotatable bonds is 16. The van der Waals surface area contributed by atoms with Crippen molar-refractivity contribution >= 4 is 168 Å². The van der Waals surface area contributed by atoms with Gasteiger partial charge < -0.3 is 69.5 Å². The molecule has 3 amide bonds. The minimum Gasteiger partial charge on any atom is -0.505 e. The predicted octanol–water partition coefficient (Wildman–Crippen LogP) is 22.3. The number of hydrazone groups is 1. The molecule has 728 valence electrons. The highest BCUT2D eigenvalue weighted by Gasteiger charge is 2.32. The zero-order chi connectivity index (χ0) is 97.5. The maximum Gasteiger partial charge on any atom is 0.433 e. The van der Waals surface area contributed by atoms with E-state index in [1.807, 2.05) is 67.6 Å². The Hall–Kier alpha value is -14.9. The summed E-state index contributed by atoms with van der Waals surface area (Å²) >= 11 is 33.3. The lowest BCUT2D eigenvalue weighted by molar-refractivity contribution is -0.116. The summed E-state index contributed by atoms with van der Waals surface area (Å²) in [7, 11) is 0. The molecule has 6 aliphatic rings. The average molecular weight is 2090 g/mol. The van der Waals surface area contributed by atoms with Crippen LogP contribution < -0.4 is 56.0 Å². The molecule has 13 aromatic rings. The van der Waals surface area contributed by atoms with Gasteiger partial charge in [-0.25, -0.2) is 43.8 Å². The number of nitrogens with zero attached hydrogens (tertiary/aromatic N) is 9. The highest BCUT2D eigenvalue weighted by molar-refractivity contribution is 8.93. The number of nitrogens with one attached hydrogen (secondary N) is 3. The van der Waals surface area contributed by atoms with Crippen molar-refractivity contribution in [2.75, 3.05) is 62.0 Å². The zero-order valence-electron chi connectivity index (χ0n) is 73.1. The molecule has 0 spiro atoms. The number of halogens is 7. The van der Waals surface area contributed by atoms with Crippen molar-refractivity contribution in [2.45, 2.75) is 81.7 Å². The number of hydrazine groups is 1. The first-order valence-electron chi connectivity index (χ1n) is 41.9. The number of aryl methyl sites for hydroxylation is 2. The van der Waals surface area contributed by atoms with Crippen LogP contribution in [0.25, 0.3) is 44.8 Å². The summed E-state index contributed by atoms with van der Waals surface area (Å²) in [4.78, 5) is 95.4. The number of nitrogen functional groups attached to an aromatic ring is 1. The highest BCUT2D eigenvalue weighted by atomic mass is 79.9. The maximum atomic E-state index is 13.0. The van der Waals surface area contributed by atoms with Crippen molar-refractivity contribution in [3.8, 4) is 90.8 Å². The largest absolute Gasteiger partial charge is 0.505 e. The van der Waals surface area contributed by atoms with Crippen LogP contribution in [0.4, 0.5) is 49.4 Å². The number of aromatic amines is 2. The lowest BCUT2D eigenvalue weighted by Gasteiger charge is -2.24. The summed E-state index contributed by atoms with van der Waals surface area (Å²) in [5.41, 5.74) is 21.0. The van der Waals surface area contributed by atoms with Gasteiger partial charge in [-0.3, -0.25) is 24.6 Å². The summed E-state index contributed by atoms with van der Waals surface area (Å²) in [6.45, 7) is 7.56. The highest BCUT2D eigenvalue weighted by Crippen LogP contribution is 2.43. The molecule has 19 rings (SSSR count). The minimum atomic E-state index is -1.83. The molecule has 6 aliphatic heterocycles. The van der Waals surface area contributed by atoms with E-state index in [4.69, 9.17) is 114 Å². The Kier molecular flexibility index (Phi) is 35.5. The Morgan fingerprint density at radius 1 is 0.450 bits per heavy atom. The number of carbonyl (C=O) groups excluding carboxylic acids is 3. The topological polar surface area (TPSA) is 470 Å². The molecule has 0 unspecified atom stereocenters. The molecule has 11 aromatic carbocycles. The summed E-state index contributed by atoms with van der Waals surface area (Å²) in [5, 5.41) is 87.7. The third-order valence-electron chi connectivity index (χ3n) is 21.3. The molecule has 34 nitrogen and oxygen atoms in total. The van der Waals surface area contributed by atoms with Gasteiger partial charge in [-0.05, 0) is 199 Å². The van der Waals surface area contributed by atoms with Gasteiger partial charge in [0.15, 0.2) is 22.9 Å². The number of fused-ring (bicyclic) bond motifs is 5. The second kappa shape index (κ2) is 47.0.